The van der Waals surface area contributed by atoms with Gasteiger partial charge in [-0.15, -0.1) is 0 Å². The molecule has 0 N–H and O–H groups in total. The third-order valence-electron chi connectivity index (χ3n) is 15.7. The Hall–Kier alpha value is -9.43. The monoisotopic (exact) mass is 1020 g/mol. The van der Waals surface area contributed by atoms with E-state index in [2.05, 4.69) is 222 Å². The standard InChI is InChI=1S/C71H53F3N4/c1-40-9-17-56(44(5)25-40)50-13-21-60-61-22-14-51(57-18-10-41(2)26-45(57)6)35-65(61)77(64(60)34-50)68-31-49(39-76)32-69(70(68)54-29-48(38-75)30-55(33-54)71(72,73)74)78-66-36-52(58-19-11-42(3)27-46(58)7)15-23-62(66)63-24-16-53(37-67(63)78)59-20-12-43(4)28-47(59)8/h9-37H,1-8H3. The van der Waals surface area contributed by atoms with E-state index in [0.717, 1.165) is 145 Å². The zero-order valence-corrected chi connectivity index (χ0v) is 44.7. The molecule has 0 atom stereocenters. The summed E-state index contributed by atoms with van der Waals surface area (Å²) in [6.45, 7) is 16.7. The number of benzene rings is 10. The van der Waals surface area contributed by atoms with E-state index in [0.29, 0.717) is 22.5 Å². The van der Waals surface area contributed by atoms with Gasteiger partial charge in [-0.25, -0.2) is 0 Å². The average Bonchev–Trinajstić information content (AvgIpc) is 4.03. The summed E-state index contributed by atoms with van der Waals surface area (Å²) in [5.41, 5.74) is 20.9. The van der Waals surface area contributed by atoms with Gasteiger partial charge >= 0.3 is 6.18 Å². The second-order valence-electron chi connectivity index (χ2n) is 21.3. The van der Waals surface area contributed by atoms with Crippen LogP contribution in [0.4, 0.5) is 13.2 Å². The summed E-state index contributed by atoms with van der Waals surface area (Å²) in [6.07, 6.45) is -4.79. The molecule has 78 heavy (non-hydrogen) atoms. The van der Waals surface area contributed by atoms with E-state index >= 15 is 13.2 Å². The minimum Gasteiger partial charge on any atom is -0.308 e. The first kappa shape index (κ1) is 49.4. The average molecular weight is 1020 g/mol. The van der Waals surface area contributed by atoms with Gasteiger partial charge in [-0.05, 0) is 182 Å². The minimum absolute atomic E-state index is 0.144. The molecule has 0 unspecified atom stereocenters. The molecule has 0 fully saturated rings. The maximum absolute atomic E-state index is 15.4. The van der Waals surface area contributed by atoms with Gasteiger partial charge in [-0.3, -0.25) is 0 Å². The highest BCUT2D eigenvalue weighted by atomic mass is 19.4. The normalized spacial score (nSPS) is 11.8. The topological polar surface area (TPSA) is 57.4 Å². The SMILES string of the molecule is Cc1ccc(-c2ccc3c4ccc(-c5ccc(C)cc5C)cc4n(-c4cc(C#N)cc(-n5c6cc(-c7ccc(C)cc7C)ccc6c6ccc(-c7ccc(C)cc7C)cc65)c4-c4cc(C#N)cc(C(F)(F)F)c4)c3c2)c(C)c1. The zero-order valence-electron chi connectivity index (χ0n) is 44.7. The Morgan fingerprint density at radius 3 is 0.923 bits per heavy atom. The van der Waals surface area contributed by atoms with Gasteiger partial charge in [0.25, 0.3) is 0 Å². The lowest BCUT2D eigenvalue weighted by Gasteiger charge is -2.22. The number of aryl methyl sites for hydroxylation is 8. The van der Waals surface area contributed by atoms with Crippen LogP contribution >= 0.6 is 0 Å². The summed E-state index contributed by atoms with van der Waals surface area (Å²) in [7, 11) is 0. The number of alkyl halides is 3. The number of rotatable bonds is 7. The first-order valence-corrected chi connectivity index (χ1v) is 26.1. The molecule has 0 saturated heterocycles. The molecule has 2 aromatic heterocycles. The Morgan fingerprint density at radius 2 is 0.641 bits per heavy atom. The van der Waals surface area contributed by atoms with Crippen LogP contribution in [0.2, 0.25) is 0 Å². The molecule has 0 aliphatic carbocycles. The minimum atomic E-state index is -4.79. The van der Waals surface area contributed by atoms with Crippen LogP contribution < -0.4 is 0 Å². The molecule has 4 nitrogen and oxygen atoms in total. The molecule has 0 aliphatic rings. The molecule has 12 aromatic rings. The van der Waals surface area contributed by atoms with Gasteiger partial charge in [-0.2, -0.15) is 23.7 Å². The maximum Gasteiger partial charge on any atom is 0.416 e. The summed E-state index contributed by atoms with van der Waals surface area (Å²) < 4.78 is 50.4. The van der Waals surface area contributed by atoms with Gasteiger partial charge in [0.2, 0.25) is 0 Å². The van der Waals surface area contributed by atoms with Crippen molar-refractivity contribution in [1.29, 1.82) is 10.5 Å². The van der Waals surface area contributed by atoms with Crippen molar-refractivity contribution in [3.8, 4) is 79.1 Å². The number of fused-ring (bicyclic) bond motifs is 6. The number of nitrogens with zero attached hydrogens (tertiary/aromatic N) is 4. The summed E-state index contributed by atoms with van der Waals surface area (Å²) in [4.78, 5) is 0. The van der Waals surface area contributed by atoms with Crippen LogP contribution in [-0.2, 0) is 6.18 Å². The van der Waals surface area contributed by atoms with Crippen LogP contribution in [-0.4, -0.2) is 9.13 Å². The smallest absolute Gasteiger partial charge is 0.308 e. The van der Waals surface area contributed by atoms with Crippen molar-refractivity contribution in [2.75, 3.05) is 0 Å². The van der Waals surface area contributed by atoms with Crippen LogP contribution in [0.25, 0.3) is 111 Å². The Morgan fingerprint density at radius 1 is 0.333 bits per heavy atom. The molecule has 0 bridgehead atoms. The van der Waals surface area contributed by atoms with Gasteiger partial charge in [0.1, 0.15) is 0 Å². The number of hydrogen-bond acceptors (Lipinski definition) is 2. The third kappa shape index (κ3) is 8.40. The second-order valence-corrected chi connectivity index (χ2v) is 21.3. The van der Waals surface area contributed by atoms with Crippen LogP contribution in [0.15, 0.2) is 176 Å². The van der Waals surface area contributed by atoms with Gasteiger partial charge in [0.15, 0.2) is 0 Å². The zero-order chi connectivity index (χ0) is 54.5. The van der Waals surface area contributed by atoms with E-state index in [1.54, 1.807) is 18.2 Å². The fourth-order valence-corrected chi connectivity index (χ4v) is 12.1. The van der Waals surface area contributed by atoms with Crippen molar-refractivity contribution in [1.82, 2.24) is 9.13 Å². The van der Waals surface area contributed by atoms with Crippen molar-refractivity contribution in [3.63, 3.8) is 0 Å². The third-order valence-corrected chi connectivity index (χ3v) is 15.7. The lowest BCUT2D eigenvalue weighted by Crippen LogP contribution is -2.08. The predicted octanol–water partition coefficient (Wildman–Crippen LogP) is 19.4. The van der Waals surface area contributed by atoms with E-state index in [1.165, 1.54) is 0 Å². The summed E-state index contributed by atoms with van der Waals surface area (Å²) in [5, 5.41) is 25.7. The second kappa shape index (κ2) is 18.7. The highest BCUT2D eigenvalue weighted by Gasteiger charge is 2.33. The fourth-order valence-electron chi connectivity index (χ4n) is 12.1. The number of nitriles is 2. The molecule has 7 heteroatoms. The van der Waals surface area contributed by atoms with Crippen molar-refractivity contribution in [2.24, 2.45) is 0 Å². The molecule has 0 spiro atoms. The Bertz CT molecular complexity index is 4140. The highest BCUT2D eigenvalue weighted by Crippen LogP contribution is 2.47. The largest absolute Gasteiger partial charge is 0.416 e. The maximum atomic E-state index is 15.4. The molecule has 0 saturated carbocycles. The lowest BCUT2D eigenvalue weighted by molar-refractivity contribution is -0.137. The lowest BCUT2D eigenvalue weighted by atomic mass is 9.94. The van der Waals surface area contributed by atoms with Crippen molar-refractivity contribution in [2.45, 2.75) is 61.6 Å². The van der Waals surface area contributed by atoms with E-state index in [-0.39, 0.29) is 11.1 Å². The molecule has 12 rings (SSSR count). The molecule has 378 valence electrons. The first-order chi connectivity index (χ1) is 37.5. The molecule has 0 radical (unpaired) electrons. The Balaban J connectivity index is 1.29. The van der Waals surface area contributed by atoms with Crippen molar-refractivity contribution >= 4 is 43.6 Å². The van der Waals surface area contributed by atoms with Crippen molar-refractivity contribution < 1.29 is 13.2 Å². The summed E-state index contributed by atoms with van der Waals surface area (Å²) in [5.74, 6) is 0. The van der Waals surface area contributed by atoms with Gasteiger partial charge in [-0.1, -0.05) is 144 Å². The number of halogens is 3. The summed E-state index contributed by atoms with van der Waals surface area (Å²) >= 11 is 0. The molecule has 10 aromatic carbocycles. The van der Waals surface area contributed by atoms with Crippen LogP contribution in [0, 0.1) is 78.1 Å². The first-order valence-electron chi connectivity index (χ1n) is 26.1. The van der Waals surface area contributed by atoms with Gasteiger partial charge in [0.05, 0.1) is 62.3 Å². The highest BCUT2D eigenvalue weighted by molar-refractivity contribution is 6.14. The van der Waals surface area contributed by atoms with Crippen LogP contribution in [0.5, 0.6) is 0 Å². The van der Waals surface area contributed by atoms with E-state index in [9.17, 15) is 10.5 Å². The van der Waals surface area contributed by atoms with Gasteiger partial charge < -0.3 is 9.13 Å². The van der Waals surface area contributed by atoms with E-state index in [1.807, 2.05) is 0 Å². The van der Waals surface area contributed by atoms with Crippen LogP contribution in [0.3, 0.4) is 0 Å². The molecule has 0 aliphatic heterocycles. The van der Waals surface area contributed by atoms with Gasteiger partial charge in [0, 0.05) is 27.1 Å². The summed E-state index contributed by atoms with van der Waals surface area (Å²) in [6, 6.07) is 63.0. The van der Waals surface area contributed by atoms with E-state index < -0.39 is 11.7 Å². The number of hydrogen-bond donors (Lipinski definition) is 0. The quantitative estimate of drug-likeness (QED) is 0.160. The Kier molecular flexibility index (Phi) is 11.8. The number of aromatic nitrogens is 2. The Labute approximate surface area is 452 Å². The fraction of sp³-hybridized carbons (Fsp3) is 0.127. The van der Waals surface area contributed by atoms with E-state index in [4.69, 9.17) is 0 Å². The van der Waals surface area contributed by atoms with Crippen LogP contribution in [0.1, 0.15) is 61.2 Å². The predicted molar refractivity (Wildman–Crippen MR) is 315 cm³/mol. The van der Waals surface area contributed by atoms with Crippen molar-refractivity contribution in [3.05, 3.63) is 237 Å². The molecule has 0 amide bonds. The molecule has 2 heterocycles. The molecular weight excluding hydrogens is 966 g/mol. The molecular formula is C71H53F3N4.